The number of likely N-dealkylation sites (tertiary alicyclic amines) is 1. The normalized spacial score (nSPS) is 24.6. The number of carbonyl (C=O) groups excluding carboxylic acids is 2. The van der Waals surface area contributed by atoms with E-state index < -0.39 is 11.4 Å². The molecule has 0 saturated carbocycles. The number of rotatable bonds is 6. The Morgan fingerprint density at radius 3 is 2.68 bits per heavy atom. The van der Waals surface area contributed by atoms with Crippen LogP contribution in [0.15, 0.2) is 30.3 Å². The van der Waals surface area contributed by atoms with Gasteiger partial charge in [0.15, 0.2) is 0 Å². The van der Waals surface area contributed by atoms with Gasteiger partial charge in [-0.25, -0.2) is 0 Å². The molecule has 1 aromatic rings. The minimum absolute atomic E-state index is 0.0904. The molecule has 0 bridgehead atoms. The van der Waals surface area contributed by atoms with Crippen LogP contribution in [-0.2, 0) is 20.7 Å². The monoisotopic (exact) mass is 304 g/mol. The first-order valence-electron chi connectivity index (χ1n) is 7.66. The minimum atomic E-state index is -1.09. The van der Waals surface area contributed by atoms with Gasteiger partial charge < -0.3 is 15.4 Å². The van der Waals surface area contributed by atoms with E-state index in [1.807, 2.05) is 18.2 Å². The number of hydrogen-bond acceptors (Lipinski definition) is 4. The van der Waals surface area contributed by atoms with Crippen LogP contribution in [0.3, 0.4) is 0 Å². The molecule has 0 radical (unpaired) electrons. The summed E-state index contributed by atoms with van der Waals surface area (Å²) in [5.74, 6) is -0.635. The summed E-state index contributed by atoms with van der Waals surface area (Å²) in [4.78, 5) is 26.3. The van der Waals surface area contributed by atoms with Gasteiger partial charge in [-0.05, 0) is 31.7 Å². The van der Waals surface area contributed by atoms with E-state index in [1.54, 1.807) is 11.8 Å². The van der Waals surface area contributed by atoms with Gasteiger partial charge in [0.25, 0.3) is 0 Å². The highest BCUT2D eigenvalue weighted by atomic mass is 16.5. The lowest BCUT2D eigenvalue weighted by molar-refractivity contribution is -0.157. The van der Waals surface area contributed by atoms with E-state index in [0.29, 0.717) is 19.5 Å². The molecule has 1 aliphatic heterocycles. The maximum atomic E-state index is 12.6. The molecule has 0 aliphatic carbocycles. The van der Waals surface area contributed by atoms with Gasteiger partial charge in [0.05, 0.1) is 7.11 Å². The van der Waals surface area contributed by atoms with Crippen molar-refractivity contribution in [2.75, 3.05) is 20.2 Å². The van der Waals surface area contributed by atoms with Crippen LogP contribution in [0.5, 0.6) is 0 Å². The van der Waals surface area contributed by atoms with Crippen LogP contribution in [0.25, 0.3) is 0 Å². The van der Waals surface area contributed by atoms with E-state index in [0.717, 1.165) is 12.8 Å². The molecule has 1 amide bonds. The molecule has 120 valence electrons. The largest absolute Gasteiger partial charge is 0.468 e. The molecule has 1 heterocycles. The van der Waals surface area contributed by atoms with Gasteiger partial charge in [0.1, 0.15) is 5.41 Å². The zero-order valence-electron chi connectivity index (χ0n) is 13.2. The summed E-state index contributed by atoms with van der Waals surface area (Å²) in [5.41, 5.74) is 5.94. The van der Waals surface area contributed by atoms with Gasteiger partial charge in [-0.15, -0.1) is 0 Å². The van der Waals surface area contributed by atoms with Crippen LogP contribution in [-0.4, -0.2) is 43.0 Å². The van der Waals surface area contributed by atoms with E-state index >= 15 is 0 Å². The highest BCUT2D eigenvalue weighted by Gasteiger charge is 2.53. The number of methoxy groups -OCH3 is 1. The Hall–Kier alpha value is -1.88. The molecule has 1 aliphatic rings. The number of nitrogens with zero attached hydrogens (tertiary/aromatic N) is 1. The number of amides is 1. The number of benzene rings is 1. The van der Waals surface area contributed by atoms with Crippen molar-refractivity contribution in [3.63, 3.8) is 0 Å². The average molecular weight is 304 g/mol. The van der Waals surface area contributed by atoms with Gasteiger partial charge in [0, 0.05) is 19.1 Å². The molecule has 1 saturated heterocycles. The zero-order chi connectivity index (χ0) is 16.2. The Balaban J connectivity index is 2.00. The molecule has 22 heavy (non-hydrogen) atoms. The topological polar surface area (TPSA) is 72.6 Å². The van der Waals surface area contributed by atoms with Crippen molar-refractivity contribution >= 4 is 11.9 Å². The van der Waals surface area contributed by atoms with Crippen molar-refractivity contribution in [1.82, 2.24) is 4.90 Å². The van der Waals surface area contributed by atoms with Crippen LogP contribution >= 0.6 is 0 Å². The third-order valence-corrected chi connectivity index (χ3v) is 4.43. The number of aryl methyl sites for hydroxylation is 1. The van der Waals surface area contributed by atoms with Gasteiger partial charge in [-0.1, -0.05) is 30.3 Å². The highest BCUT2D eigenvalue weighted by Crippen LogP contribution is 2.36. The van der Waals surface area contributed by atoms with Gasteiger partial charge in [-0.3, -0.25) is 9.59 Å². The van der Waals surface area contributed by atoms with E-state index in [1.165, 1.54) is 12.7 Å². The first kappa shape index (κ1) is 16.5. The third kappa shape index (κ3) is 3.14. The summed E-state index contributed by atoms with van der Waals surface area (Å²) in [6.45, 7) is 2.63. The van der Waals surface area contributed by atoms with Gasteiger partial charge >= 0.3 is 5.97 Å². The van der Waals surface area contributed by atoms with Crippen LogP contribution < -0.4 is 5.73 Å². The molecular weight excluding hydrogens is 280 g/mol. The Labute approximate surface area is 131 Å². The Morgan fingerprint density at radius 1 is 1.41 bits per heavy atom. The van der Waals surface area contributed by atoms with Crippen molar-refractivity contribution in [2.24, 2.45) is 11.1 Å². The van der Waals surface area contributed by atoms with E-state index in [-0.39, 0.29) is 11.9 Å². The number of carbonyl (C=O) groups is 2. The lowest BCUT2D eigenvalue weighted by atomic mass is 9.87. The SMILES string of the molecule is COC(=O)[C@@]1(C)C[C@@H](CN)N(CCCc2ccccc2)C1=O. The molecule has 5 heteroatoms. The third-order valence-electron chi connectivity index (χ3n) is 4.43. The summed E-state index contributed by atoms with van der Waals surface area (Å²) < 4.78 is 4.80. The van der Waals surface area contributed by atoms with Crippen molar-refractivity contribution in [3.05, 3.63) is 35.9 Å². The van der Waals surface area contributed by atoms with E-state index in [4.69, 9.17) is 10.5 Å². The summed E-state index contributed by atoms with van der Waals surface area (Å²) in [6, 6.07) is 10.1. The molecule has 1 fully saturated rings. The lowest BCUT2D eigenvalue weighted by Crippen LogP contribution is -2.42. The molecule has 2 N–H and O–H groups in total. The first-order valence-corrected chi connectivity index (χ1v) is 7.66. The Kier molecular flexibility index (Phi) is 5.19. The fourth-order valence-corrected chi connectivity index (χ4v) is 3.14. The maximum Gasteiger partial charge on any atom is 0.321 e. The summed E-state index contributed by atoms with van der Waals surface area (Å²) >= 11 is 0. The van der Waals surface area contributed by atoms with Crippen LogP contribution in [0.4, 0.5) is 0 Å². The first-order chi connectivity index (χ1) is 10.5. The van der Waals surface area contributed by atoms with Gasteiger partial charge in [-0.2, -0.15) is 0 Å². The average Bonchev–Trinajstić information content (AvgIpc) is 2.80. The van der Waals surface area contributed by atoms with Crippen LogP contribution in [0.1, 0.15) is 25.3 Å². The summed E-state index contributed by atoms with van der Waals surface area (Å²) in [6.07, 6.45) is 2.18. The van der Waals surface area contributed by atoms with E-state index in [9.17, 15) is 9.59 Å². The fraction of sp³-hybridized carbons (Fsp3) is 0.529. The van der Waals surface area contributed by atoms with Crippen molar-refractivity contribution in [1.29, 1.82) is 0 Å². The van der Waals surface area contributed by atoms with Crippen LogP contribution in [0.2, 0.25) is 0 Å². The molecule has 0 aromatic heterocycles. The number of hydrogen-bond donors (Lipinski definition) is 1. The second-order valence-electron chi connectivity index (χ2n) is 6.01. The Morgan fingerprint density at radius 2 is 2.09 bits per heavy atom. The molecule has 2 rings (SSSR count). The van der Waals surface area contributed by atoms with Crippen LogP contribution in [0, 0.1) is 5.41 Å². The molecular formula is C17H24N2O3. The Bertz CT molecular complexity index is 532. The second-order valence-corrected chi connectivity index (χ2v) is 6.01. The quantitative estimate of drug-likeness (QED) is 0.636. The lowest BCUT2D eigenvalue weighted by Gasteiger charge is -2.24. The van der Waals surface area contributed by atoms with E-state index in [2.05, 4.69) is 12.1 Å². The molecule has 2 atom stereocenters. The molecule has 0 spiro atoms. The number of esters is 1. The maximum absolute atomic E-state index is 12.6. The zero-order valence-corrected chi connectivity index (χ0v) is 13.2. The van der Waals surface area contributed by atoms with Crippen molar-refractivity contribution in [3.8, 4) is 0 Å². The smallest absolute Gasteiger partial charge is 0.321 e. The van der Waals surface area contributed by atoms with Gasteiger partial charge in [0.2, 0.25) is 5.91 Å². The summed E-state index contributed by atoms with van der Waals surface area (Å²) in [7, 11) is 1.32. The molecule has 0 unspecified atom stereocenters. The molecule has 5 nitrogen and oxygen atoms in total. The standard InChI is InChI=1S/C17H24N2O3/c1-17(16(21)22-2)11-14(12-18)19(15(17)20)10-6-9-13-7-4-3-5-8-13/h3-5,7-8,14H,6,9-12,18H2,1-2H3/t14-,17-/m0/s1. The molecule has 1 aromatic carbocycles. The van der Waals surface area contributed by atoms with Crippen molar-refractivity contribution in [2.45, 2.75) is 32.2 Å². The van der Waals surface area contributed by atoms with Crippen molar-refractivity contribution < 1.29 is 14.3 Å². The fourth-order valence-electron chi connectivity index (χ4n) is 3.14. The second kappa shape index (κ2) is 6.92. The summed E-state index contributed by atoms with van der Waals surface area (Å²) in [5, 5.41) is 0. The number of nitrogens with two attached hydrogens (primary N) is 1. The number of ether oxygens (including phenoxy) is 1. The predicted octanol–water partition coefficient (Wildman–Crippen LogP) is 1.36. The predicted molar refractivity (Wildman–Crippen MR) is 84.1 cm³/mol. The highest BCUT2D eigenvalue weighted by molar-refractivity contribution is 6.04. The minimum Gasteiger partial charge on any atom is -0.468 e.